The van der Waals surface area contributed by atoms with Gasteiger partial charge < -0.3 is 9.64 Å². The molecule has 2 saturated heterocycles. The lowest BCUT2D eigenvalue weighted by molar-refractivity contribution is -0.00645. The molecule has 0 bridgehead atoms. The molecule has 0 radical (unpaired) electrons. The van der Waals surface area contributed by atoms with E-state index in [2.05, 4.69) is 41.0 Å². The van der Waals surface area contributed by atoms with Crippen molar-refractivity contribution in [1.29, 1.82) is 0 Å². The molecule has 0 aliphatic carbocycles. The van der Waals surface area contributed by atoms with E-state index in [0.717, 1.165) is 39.3 Å². The first-order valence-electron chi connectivity index (χ1n) is 7.97. The summed E-state index contributed by atoms with van der Waals surface area (Å²) in [5.74, 6) is 0. The summed E-state index contributed by atoms with van der Waals surface area (Å²) in [7, 11) is 0. The van der Waals surface area contributed by atoms with Crippen LogP contribution in [0.1, 0.15) is 24.8 Å². The predicted molar refractivity (Wildman–Crippen MR) is 83.4 cm³/mol. The molecule has 3 nitrogen and oxygen atoms in total. The maximum atomic E-state index is 5.85. The number of ether oxygens (including phenoxy) is 1. The SMILES string of the molecule is Cc1cccc(N2CCN(CC3CCCCO3)CC2)c1. The summed E-state index contributed by atoms with van der Waals surface area (Å²) in [4.78, 5) is 5.08. The van der Waals surface area contributed by atoms with Crippen LogP contribution in [0.5, 0.6) is 0 Å². The van der Waals surface area contributed by atoms with E-state index in [-0.39, 0.29) is 0 Å². The zero-order valence-corrected chi connectivity index (χ0v) is 12.6. The van der Waals surface area contributed by atoms with Gasteiger partial charge in [-0.3, -0.25) is 4.90 Å². The molecule has 0 N–H and O–H groups in total. The first kappa shape index (κ1) is 13.9. The molecule has 2 heterocycles. The van der Waals surface area contributed by atoms with Crippen molar-refractivity contribution in [3.05, 3.63) is 29.8 Å². The highest BCUT2D eigenvalue weighted by atomic mass is 16.5. The summed E-state index contributed by atoms with van der Waals surface area (Å²) >= 11 is 0. The van der Waals surface area contributed by atoms with Crippen LogP contribution in [-0.2, 0) is 4.74 Å². The van der Waals surface area contributed by atoms with E-state index in [1.54, 1.807) is 0 Å². The van der Waals surface area contributed by atoms with Gasteiger partial charge in [-0.15, -0.1) is 0 Å². The highest BCUT2D eigenvalue weighted by molar-refractivity contribution is 5.48. The first-order chi connectivity index (χ1) is 9.81. The van der Waals surface area contributed by atoms with Gasteiger partial charge >= 0.3 is 0 Å². The van der Waals surface area contributed by atoms with Gasteiger partial charge in [0, 0.05) is 45.0 Å². The second-order valence-electron chi connectivity index (χ2n) is 6.12. The van der Waals surface area contributed by atoms with Gasteiger partial charge in [-0.2, -0.15) is 0 Å². The molecule has 1 aromatic rings. The normalized spacial score (nSPS) is 24.9. The van der Waals surface area contributed by atoms with Crippen molar-refractivity contribution in [1.82, 2.24) is 4.90 Å². The molecular weight excluding hydrogens is 248 g/mol. The van der Waals surface area contributed by atoms with Gasteiger partial charge in [0.1, 0.15) is 0 Å². The van der Waals surface area contributed by atoms with E-state index >= 15 is 0 Å². The number of benzene rings is 1. The highest BCUT2D eigenvalue weighted by Crippen LogP contribution is 2.19. The third-order valence-corrected chi connectivity index (χ3v) is 4.47. The summed E-state index contributed by atoms with van der Waals surface area (Å²) in [5.41, 5.74) is 2.72. The molecule has 1 aromatic carbocycles. The summed E-state index contributed by atoms with van der Waals surface area (Å²) < 4.78 is 5.85. The predicted octanol–water partition coefficient (Wildman–Crippen LogP) is 2.69. The quantitative estimate of drug-likeness (QED) is 0.843. The maximum absolute atomic E-state index is 5.85. The molecule has 110 valence electrons. The van der Waals surface area contributed by atoms with Crippen LogP contribution in [-0.4, -0.2) is 50.3 Å². The van der Waals surface area contributed by atoms with Crippen molar-refractivity contribution in [2.75, 3.05) is 44.2 Å². The van der Waals surface area contributed by atoms with Gasteiger partial charge in [-0.05, 0) is 43.9 Å². The van der Waals surface area contributed by atoms with Crippen molar-refractivity contribution in [3.63, 3.8) is 0 Å². The second kappa shape index (κ2) is 6.59. The summed E-state index contributed by atoms with van der Waals surface area (Å²) in [6.45, 7) is 8.85. The third-order valence-electron chi connectivity index (χ3n) is 4.47. The molecule has 2 aliphatic rings. The Kier molecular flexibility index (Phi) is 4.58. The monoisotopic (exact) mass is 274 g/mol. The Balaban J connectivity index is 1.49. The van der Waals surface area contributed by atoms with Gasteiger partial charge in [-0.25, -0.2) is 0 Å². The molecule has 0 saturated carbocycles. The number of aryl methyl sites for hydroxylation is 1. The van der Waals surface area contributed by atoms with Crippen molar-refractivity contribution in [2.45, 2.75) is 32.3 Å². The Morgan fingerprint density at radius 2 is 2.00 bits per heavy atom. The Morgan fingerprint density at radius 3 is 2.70 bits per heavy atom. The van der Waals surface area contributed by atoms with Crippen LogP contribution in [0.3, 0.4) is 0 Å². The van der Waals surface area contributed by atoms with Gasteiger partial charge in [0.15, 0.2) is 0 Å². The van der Waals surface area contributed by atoms with Gasteiger partial charge in [0.05, 0.1) is 6.10 Å². The van der Waals surface area contributed by atoms with Crippen molar-refractivity contribution in [2.24, 2.45) is 0 Å². The minimum Gasteiger partial charge on any atom is -0.377 e. The van der Waals surface area contributed by atoms with Crippen molar-refractivity contribution < 1.29 is 4.74 Å². The Labute approximate surface area is 122 Å². The molecule has 1 atom stereocenters. The van der Waals surface area contributed by atoms with E-state index in [1.165, 1.54) is 30.5 Å². The van der Waals surface area contributed by atoms with Gasteiger partial charge in [0.25, 0.3) is 0 Å². The standard InChI is InChI=1S/C17H26N2O/c1-15-5-4-6-16(13-15)19-10-8-18(9-11-19)14-17-7-2-3-12-20-17/h4-6,13,17H,2-3,7-12,14H2,1H3. The third kappa shape index (κ3) is 3.53. The fraction of sp³-hybridized carbons (Fsp3) is 0.647. The van der Waals surface area contributed by atoms with Crippen molar-refractivity contribution >= 4 is 5.69 Å². The van der Waals surface area contributed by atoms with Crippen LogP contribution in [0.4, 0.5) is 5.69 Å². The Morgan fingerprint density at radius 1 is 1.15 bits per heavy atom. The molecule has 3 heteroatoms. The van der Waals surface area contributed by atoms with Crippen LogP contribution in [0.25, 0.3) is 0 Å². The van der Waals surface area contributed by atoms with E-state index in [0.29, 0.717) is 6.10 Å². The first-order valence-corrected chi connectivity index (χ1v) is 7.97. The van der Waals surface area contributed by atoms with E-state index in [4.69, 9.17) is 4.74 Å². The van der Waals surface area contributed by atoms with Crippen LogP contribution in [0.2, 0.25) is 0 Å². The molecule has 3 rings (SSSR count). The molecular formula is C17H26N2O. The lowest BCUT2D eigenvalue weighted by atomic mass is 10.1. The lowest BCUT2D eigenvalue weighted by Gasteiger charge is -2.38. The van der Waals surface area contributed by atoms with Crippen LogP contribution in [0.15, 0.2) is 24.3 Å². The van der Waals surface area contributed by atoms with Gasteiger partial charge in [-0.1, -0.05) is 12.1 Å². The topological polar surface area (TPSA) is 15.7 Å². The molecule has 2 aliphatic heterocycles. The largest absolute Gasteiger partial charge is 0.377 e. The molecule has 20 heavy (non-hydrogen) atoms. The number of piperazine rings is 1. The van der Waals surface area contributed by atoms with Crippen LogP contribution in [0, 0.1) is 6.92 Å². The number of hydrogen-bond donors (Lipinski definition) is 0. The maximum Gasteiger partial charge on any atom is 0.0702 e. The average Bonchev–Trinajstić information content (AvgIpc) is 2.49. The molecule has 0 spiro atoms. The zero-order chi connectivity index (χ0) is 13.8. The van der Waals surface area contributed by atoms with Crippen LogP contribution < -0.4 is 4.90 Å². The average molecular weight is 274 g/mol. The summed E-state index contributed by atoms with van der Waals surface area (Å²) in [6.07, 6.45) is 4.32. The molecule has 2 fully saturated rings. The second-order valence-corrected chi connectivity index (χ2v) is 6.12. The summed E-state index contributed by atoms with van der Waals surface area (Å²) in [6, 6.07) is 8.85. The fourth-order valence-electron chi connectivity index (χ4n) is 3.25. The fourth-order valence-corrected chi connectivity index (χ4v) is 3.25. The van der Waals surface area contributed by atoms with Gasteiger partial charge in [0.2, 0.25) is 0 Å². The zero-order valence-electron chi connectivity index (χ0n) is 12.6. The van der Waals surface area contributed by atoms with E-state index in [1.807, 2.05) is 0 Å². The highest BCUT2D eigenvalue weighted by Gasteiger charge is 2.22. The van der Waals surface area contributed by atoms with E-state index in [9.17, 15) is 0 Å². The smallest absolute Gasteiger partial charge is 0.0702 e. The minimum atomic E-state index is 0.481. The number of hydrogen-bond acceptors (Lipinski definition) is 3. The lowest BCUT2D eigenvalue weighted by Crippen LogP contribution is -2.49. The van der Waals surface area contributed by atoms with Crippen molar-refractivity contribution in [3.8, 4) is 0 Å². The molecule has 0 aromatic heterocycles. The van der Waals surface area contributed by atoms with E-state index < -0.39 is 0 Å². The minimum absolute atomic E-state index is 0.481. The van der Waals surface area contributed by atoms with Crippen LogP contribution >= 0.6 is 0 Å². The Bertz CT molecular complexity index is 421. The summed E-state index contributed by atoms with van der Waals surface area (Å²) in [5, 5.41) is 0. The number of anilines is 1. The Hall–Kier alpha value is -1.06. The number of nitrogens with zero attached hydrogens (tertiary/aromatic N) is 2. The molecule has 0 amide bonds. The molecule has 1 unspecified atom stereocenters. The number of rotatable bonds is 3.